The van der Waals surface area contributed by atoms with E-state index in [4.69, 9.17) is 10.2 Å². The molecule has 0 spiro atoms. The fourth-order valence-corrected chi connectivity index (χ4v) is 1.56. The fraction of sp³-hybridized carbons (Fsp3) is 0.308. The van der Waals surface area contributed by atoms with Crippen LogP contribution >= 0.6 is 0 Å². The SMILES string of the molecule is CC(C)N(CC(=O)O)C(=O)c1ccc(C(=O)O)cc1. The van der Waals surface area contributed by atoms with Gasteiger partial charge in [0.25, 0.3) is 5.91 Å². The maximum atomic E-state index is 12.1. The zero-order valence-electron chi connectivity index (χ0n) is 10.7. The Hall–Kier alpha value is -2.37. The molecule has 102 valence electrons. The number of benzene rings is 1. The van der Waals surface area contributed by atoms with Crippen LogP contribution in [0.15, 0.2) is 24.3 Å². The fourth-order valence-electron chi connectivity index (χ4n) is 1.56. The predicted molar refractivity (Wildman–Crippen MR) is 67.2 cm³/mol. The first-order chi connectivity index (χ1) is 8.82. The first kappa shape index (κ1) is 14.7. The molecule has 1 aromatic carbocycles. The first-order valence-corrected chi connectivity index (χ1v) is 5.69. The van der Waals surface area contributed by atoms with E-state index in [9.17, 15) is 14.4 Å². The van der Waals surface area contributed by atoms with Gasteiger partial charge >= 0.3 is 11.9 Å². The smallest absolute Gasteiger partial charge is 0.335 e. The Labute approximate surface area is 110 Å². The number of carbonyl (C=O) groups is 3. The molecule has 0 aromatic heterocycles. The number of nitrogens with zero attached hydrogens (tertiary/aromatic N) is 1. The molecule has 0 aliphatic rings. The first-order valence-electron chi connectivity index (χ1n) is 5.69. The summed E-state index contributed by atoms with van der Waals surface area (Å²) in [5.74, 6) is -2.61. The van der Waals surface area contributed by atoms with Crippen LogP contribution in [0.25, 0.3) is 0 Å². The van der Waals surface area contributed by atoms with E-state index >= 15 is 0 Å². The minimum Gasteiger partial charge on any atom is -0.480 e. The van der Waals surface area contributed by atoms with Crippen molar-refractivity contribution in [2.45, 2.75) is 19.9 Å². The zero-order chi connectivity index (χ0) is 14.6. The third kappa shape index (κ3) is 3.80. The molecule has 6 nitrogen and oxygen atoms in total. The Balaban J connectivity index is 2.96. The van der Waals surface area contributed by atoms with Crippen LogP contribution in [-0.2, 0) is 4.79 Å². The lowest BCUT2D eigenvalue weighted by Crippen LogP contribution is -2.40. The van der Waals surface area contributed by atoms with Crippen molar-refractivity contribution in [3.63, 3.8) is 0 Å². The summed E-state index contributed by atoms with van der Waals surface area (Å²) in [5.41, 5.74) is 0.339. The number of aromatic carboxylic acids is 1. The topological polar surface area (TPSA) is 94.9 Å². The lowest BCUT2D eigenvalue weighted by molar-refractivity contribution is -0.138. The molecule has 0 saturated carbocycles. The highest BCUT2D eigenvalue weighted by molar-refractivity contribution is 5.97. The molecule has 1 amide bonds. The summed E-state index contributed by atoms with van der Waals surface area (Å²) in [6, 6.07) is 5.12. The van der Waals surface area contributed by atoms with Crippen molar-refractivity contribution in [2.75, 3.05) is 6.54 Å². The highest BCUT2D eigenvalue weighted by Crippen LogP contribution is 2.10. The van der Waals surface area contributed by atoms with Gasteiger partial charge in [-0.25, -0.2) is 4.79 Å². The van der Waals surface area contributed by atoms with E-state index in [1.807, 2.05) is 0 Å². The van der Waals surface area contributed by atoms with Crippen molar-refractivity contribution in [3.05, 3.63) is 35.4 Å². The molecule has 19 heavy (non-hydrogen) atoms. The molecule has 0 heterocycles. The van der Waals surface area contributed by atoms with Crippen molar-refractivity contribution >= 4 is 17.8 Å². The lowest BCUT2D eigenvalue weighted by Gasteiger charge is -2.24. The zero-order valence-corrected chi connectivity index (χ0v) is 10.7. The molecule has 6 heteroatoms. The van der Waals surface area contributed by atoms with E-state index in [0.717, 1.165) is 0 Å². The lowest BCUT2D eigenvalue weighted by atomic mass is 10.1. The van der Waals surface area contributed by atoms with E-state index in [1.165, 1.54) is 29.2 Å². The summed E-state index contributed by atoms with van der Waals surface area (Å²) in [7, 11) is 0. The second kappa shape index (κ2) is 5.99. The van der Waals surface area contributed by atoms with Crippen LogP contribution in [-0.4, -0.2) is 45.5 Å². The Kier molecular flexibility index (Phi) is 4.63. The van der Waals surface area contributed by atoms with Crippen LogP contribution in [0.2, 0.25) is 0 Å². The van der Waals surface area contributed by atoms with Gasteiger partial charge in [-0.15, -0.1) is 0 Å². The molecule has 1 rings (SSSR count). The van der Waals surface area contributed by atoms with Crippen molar-refractivity contribution < 1.29 is 24.6 Å². The molecule has 1 aromatic rings. The van der Waals surface area contributed by atoms with Gasteiger partial charge in [-0.05, 0) is 38.1 Å². The Morgan fingerprint density at radius 1 is 1.05 bits per heavy atom. The molecule has 0 fully saturated rings. The summed E-state index contributed by atoms with van der Waals surface area (Å²) in [4.78, 5) is 34.7. The monoisotopic (exact) mass is 265 g/mol. The van der Waals surface area contributed by atoms with Crippen LogP contribution in [0.4, 0.5) is 0 Å². The quantitative estimate of drug-likeness (QED) is 0.837. The molecular weight excluding hydrogens is 250 g/mol. The largest absolute Gasteiger partial charge is 0.480 e. The molecule has 0 bridgehead atoms. The maximum Gasteiger partial charge on any atom is 0.335 e. The number of carboxylic acids is 2. The van der Waals surface area contributed by atoms with Gasteiger partial charge in [0.15, 0.2) is 0 Å². The standard InChI is InChI=1S/C13H15NO5/c1-8(2)14(7-11(15)16)12(17)9-3-5-10(6-4-9)13(18)19/h3-6,8H,7H2,1-2H3,(H,15,16)(H,18,19). The van der Waals surface area contributed by atoms with E-state index in [1.54, 1.807) is 13.8 Å². The number of aliphatic carboxylic acids is 1. The van der Waals surface area contributed by atoms with Gasteiger partial charge in [-0.1, -0.05) is 0 Å². The van der Waals surface area contributed by atoms with E-state index < -0.39 is 24.4 Å². The van der Waals surface area contributed by atoms with Gasteiger partial charge in [0.05, 0.1) is 5.56 Å². The van der Waals surface area contributed by atoms with Crippen molar-refractivity contribution in [2.24, 2.45) is 0 Å². The molecule has 0 saturated heterocycles. The second-order valence-electron chi connectivity index (χ2n) is 4.30. The summed E-state index contributed by atoms with van der Waals surface area (Å²) in [6.45, 7) is 3.04. The van der Waals surface area contributed by atoms with Crippen molar-refractivity contribution in [1.82, 2.24) is 4.90 Å². The third-order valence-electron chi connectivity index (χ3n) is 2.57. The Morgan fingerprint density at radius 3 is 1.89 bits per heavy atom. The minimum absolute atomic E-state index is 0.0749. The number of rotatable bonds is 5. The maximum absolute atomic E-state index is 12.1. The molecule has 0 aliphatic carbocycles. The Morgan fingerprint density at radius 2 is 1.53 bits per heavy atom. The summed E-state index contributed by atoms with van der Waals surface area (Å²) < 4.78 is 0. The van der Waals surface area contributed by atoms with Gasteiger partial charge in [0.2, 0.25) is 0 Å². The van der Waals surface area contributed by atoms with E-state index in [-0.39, 0.29) is 17.2 Å². The Bertz CT molecular complexity index is 492. The number of amides is 1. The number of carboxylic acid groups (broad SMARTS) is 2. The predicted octanol–water partition coefficient (Wildman–Crippen LogP) is 1.32. The van der Waals surface area contributed by atoms with Gasteiger partial charge in [-0.3, -0.25) is 9.59 Å². The van der Waals surface area contributed by atoms with E-state index in [0.29, 0.717) is 0 Å². The van der Waals surface area contributed by atoms with Crippen LogP contribution in [0.5, 0.6) is 0 Å². The number of hydrogen-bond donors (Lipinski definition) is 2. The molecular formula is C13H15NO5. The van der Waals surface area contributed by atoms with Gasteiger partial charge < -0.3 is 15.1 Å². The highest BCUT2D eigenvalue weighted by atomic mass is 16.4. The van der Waals surface area contributed by atoms with Crippen LogP contribution < -0.4 is 0 Å². The van der Waals surface area contributed by atoms with Crippen LogP contribution in [0, 0.1) is 0 Å². The average molecular weight is 265 g/mol. The molecule has 2 N–H and O–H groups in total. The molecule has 0 radical (unpaired) electrons. The van der Waals surface area contributed by atoms with E-state index in [2.05, 4.69) is 0 Å². The van der Waals surface area contributed by atoms with Crippen molar-refractivity contribution in [1.29, 1.82) is 0 Å². The number of hydrogen-bond acceptors (Lipinski definition) is 3. The third-order valence-corrected chi connectivity index (χ3v) is 2.57. The van der Waals surface area contributed by atoms with Gasteiger partial charge in [0.1, 0.15) is 6.54 Å². The summed E-state index contributed by atoms with van der Waals surface area (Å²) in [5, 5.41) is 17.5. The molecule has 0 unspecified atom stereocenters. The van der Waals surface area contributed by atoms with Gasteiger partial charge in [-0.2, -0.15) is 0 Å². The molecule has 0 aliphatic heterocycles. The second-order valence-corrected chi connectivity index (χ2v) is 4.30. The minimum atomic E-state index is -1.09. The number of carbonyl (C=O) groups excluding carboxylic acids is 1. The van der Waals surface area contributed by atoms with Crippen LogP contribution in [0.3, 0.4) is 0 Å². The van der Waals surface area contributed by atoms with Crippen LogP contribution in [0.1, 0.15) is 34.6 Å². The molecule has 0 atom stereocenters. The average Bonchev–Trinajstić information content (AvgIpc) is 2.34. The van der Waals surface area contributed by atoms with Crippen molar-refractivity contribution in [3.8, 4) is 0 Å². The normalized spacial score (nSPS) is 10.3. The van der Waals surface area contributed by atoms with Gasteiger partial charge in [0, 0.05) is 11.6 Å². The summed E-state index contributed by atoms with van der Waals surface area (Å²) in [6.07, 6.45) is 0. The highest BCUT2D eigenvalue weighted by Gasteiger charge is 2.21. The summed E-state index contributed by atoms with van der Waals surface area (Å²) >= 11 is 0.